The number of benzene rings is 1. The van der Waals surface area contributed by atoms with Crippen molar-refractivity contribution in [1.82, 2.24) is 9.97 Å². The van der Waals surface area contributed by atoms with Crippen LogP contribution < -0.4 is 0 Å². The van der Waals surface area contributed by atoms with E-state index in [4.69, 9.17) is 0 Å². The summed E-state index contributed by atoms with van der Waals surface area (Å²) in [5.74, 6) is -1.95. The molecule has 2 heterocycles. The maximum absolute atomic E-state index is 15.2. The van der Waals surface area contributed by atoms with E-state index >= 15 is 4.39 Å². The third-order valence-electron chi connectivity index (χ3n) is 5.65. The Morgan fingerprint density at radius 1 is 0.676 bits per heavy atom. The molecule has 0 saturated heterocycles. The smallest absolute Gasteiger partial charge is 0.138 e. The normalized spacial score (nSPS) is 12.6. The van der Waals surface area contributed by atoms with Crippen LogP contribution in [0.4, 0.5) is 8.78 Å². The number of hydrogen-bond donors (Lipinski definition) is 0. The van der Waals surface area contributed by atoms with Gasteiger partial charge >= 0.3 is 0 Å². The van der Waals surface area contributed by atoms with E-state index in [1.807, 2.05) is 0 Å². The van der Waals surface area contributed by atoms with Crippen LogP contribution in [0.5, 0.6) is 0 Å². The van der Waals surface area contributed by atoms with E-state index < -0.39 is 22.8 Å². The van der Waals surface area contributed by atoms with Gasteiger partial charge in [-0.15, -0.1) is 0 Å². The Bertz CT molecular complexity index is 1640. The second-order valence-electron chi connectivity index (χ2n) is 7.31. The van der Waals surface area contributed by atoms with Crippen molar-refractivity contribution in [2.75, 3.05) is 0 Å². The van der Waals surface area contributed by atoms with Gasteiger partial charge in [-0.2, -0.15) is 21.0 Å². The first kappa shape index (κ1) is 20.5. The summed E-state index contributed by atoms with van der Waals surface area (Å²) in [5, 5.41) is 38.9. The molecule has 5 rings (SSSR count). The molecular formula is C26H8F2N6. The highest BCUT2D eigenvalue weighted by Crippen LogP contribution is 2.56. The minimum absolute atomic E-state index is 0.0575. The molecule has 0 aliphatic heterocycles. The number of halogens is 2. The zero-order chi connectivity index (χ0) is 24.0. The summed E-state index contributed by atoms with van der Waals surface area (Å²) in [7, 11) is 0. The molecule has 0 radical (unpaired) electrons. The molecule has 0 N–H and O–H groups in total. The van der Waals surface area contributed by atoms with Gasteiger partial charge < -0.3 is 0 Å². The highest BCUT2D eigenvalue weighted by molar-refractivity contribution is 6.20. The summed E-state index contributed by atoms with van der Waals surface area (Å²) < 4.78 is 29.5. The van der Waals surface area contributed by atoms with Gasteiger partial charge in [0.15, 0.2) is 0 Å². The summed E-state index contributed by atoms with van der Waals surface area (Å²) in [5.41, 5.74) is 1.32. The second kappa shape index (κ2) is 7.61. The van der Waals surface area contributed by atoms with Gasteiger partial charge in [-0.3, -0.25) is 9.97 Å². The van der Waals surface area contributed by atoms with Gasteiger partial charge in [-0.05, 0) is 23.8 Å². The molecule has 8 heteroatoms. The van der Waals surface area contributed by atoms with Crippen molar-refractivity contribution < 1.29 is 8.78 Å². The summed E-state index contributed by atoms with van der Waals surface area (Å²) in [4.78, 5) is 8.80. The predicted molar refractivity (Wildman–Crippen MR) is 116 cm³/mol. The third kappa shape index (κ3) is 2.67. The standard InChI is InChI=1S/C26H8F2N6/c27-15-7-18-20(13(9-29)10-30)24(21(14(11-31)12-32)23(18)19(28)8-15)22-16-3-1-5-33-25(16)26-17(22)4-2-6-34-26/h1-8H. The van der Waals surface area contributed by atoms with Gasteiger partial charge in [0.25, 0.3) is 0 Å². The molecule has 34 heavy (non-hydrogen) atoms. The Morgan fingerprint density at radius 2 is 1.21 bits per heavy atom. The molecule has 3 aromatic rings. The molecule has 1 aromatic carbocycles. The Labute approximate surface area is 191 Å². The predicted octanol–water partition coefficient (Wildman–Crippen LogP) is 4.85. The van der Waals surface area contributed by atoms with Crippen LogP contribution in [0.1, 0.15) is 22.3 Å². The number of allylic oxidation sites excluding steroid dienone is 5. The number of pyridine rings is 2. The fourth-order valence-corrected chi connectivity index (χ4v) is 4.45. The lowest BCUT2D eigenvalue weighted by atomic mass is 9.88. The van der Waals surface area contributed by atoms with Crippen molar-refractivity contribution in [3.8, 4) is 35.7 Å². The third-order valence-corrected chi connectivity index (χ3v) is 5.65. The van der Waals surface area contributed by atoms with Crippen molar-refractivity contribution in [2.24, 2.45) is 0 Å². The zero-order valence-electron chi connectivity index (χ0n) is 17.1. The van der Waals surface area contributed by atoms with Gasteiger partial charge in [0.05, 0.1) is 11.4 Å². The first-order valence-corrected chi connectivity index (χ1v) is 9.80. The monoisotopic (exact) mass is 442 g/mol. The molecule has 2 aliphatic carbocycles. The van der Waals surface area contributed by atoms with Crippen LogP contribution in [0.2, 0.25) is 0 Å². The summed E-state index contributed by atoms with van der Waals surface area (Å²) in [6.45, 7) is 0. The highest BCUT2D eigenvalue weighted by Gasteiger charge is 2.40. The molecule has 0 atom stereocenters. The van der Waals surface area contributed by atoms with Crippen molar-refractivity contribution in [2.45, 2.75) is 0 Å². The molecule has 0 unspecified atom stereocenters. The van der Waals surface area contributed by atoms with Crippen LogP contribution in [-0.2, 0) is 0 Å². The van der Waals surface area contributed by atoms with E-state index in [0.717, 1.165) is 6.07 Å². The van der Waals surface area contributed by atoms with E-state index in [-0.39, 0.29) is 27.8 Å². The molecule has 0 saturated carbocycles. The average Bonchev–Trinajstić information content (AvgIpc) is 3.34. The van der Waals surface area contributed by atoms with Crippen LogP contribution in [0, 0.1) is 57.0 Å². The Morgan fingerprint density at radius 3 is 1.74 bits per heavy atom. The van der Waals surface area contributed by atoms with Gasteiger partial charge in [0.1, 0.15) is 47.1 Å². The molecule has 6 nitrogen and oxygen atoms in total. The van der Waals surface area contributed by atoms with Crippen molar-refractivity contribution in [3.05, 3.63) is 99.4 Å². The molecule has 2 aromatic heterocycles. The van der Waals surface area contributed by atoms with Gasteiger partial charge in [-0.25, -0.2) is 8.78 Å². The lowest BCUT2D eigenvalue weighted by Crippen LogP contribution is -1.96. The van der Waals surface area contributed by atoms with Crippen molar-refractivity contribution in [1.29, 1.82) is 21.0 Å². The minimum atomic E-state index is -1.02. The molecule has 0 fully saturated rings. The lowest BCUT2D eigenvalue weighted by Gasteiger charge is -2.12. The maximum atomic E-state index is 15.2. The minimum Gasteiger partial charge on any atom is -0.254 e. The average molecular weight is 442 g/mol. The Hall–Kier alpha value is -5.44. The lowest BCUT2D eigenvalue weighted by molar-refractivity contribution is 0.581. The SMILES string of the molecule is N#CC(C#N)=C1C(=C2c3cccnc3-c3ncccc32)C(=C(C#N)C#N)c2c(F)cc(F)cc21. The number of nitrogens with zero attached hydrogens (tertiary/aromatic N) is 6. The molecule has 0 amide bonds. The molecule has 156 valence electrons. The highest BCUT2D eigenvalue weighted by atomic mass is 19.1. The first-order chi connectivity index (χ1) is 16.5. The van der Waals surface area contributed by atoms with Crippen LogP contribution >= 0.6 is 0 Å². The summed E-state index contributed by atoms with van der Waals surface area (Å²) in [6.07, 6.45) is 3.14. The summed E-state index contributed by atoms with van der Waals surface area (Å²) >= 11 is 0. The molecule has 2 aliphatic rings. The number of aromatic nitrogens is 2. The van der Waals surface area contributed by atoms with Crippen LogP contribution in [0.15, 0.2) is 65.5 Å². The Kier molecular flexibility index (Phi) is 4.58. The maximum Gasteiger partial charge on any atom is 0.138 e. The second-order valence-corrected chi connectivity index (χ2v) is 7.31. The van der Waals surface area contributed by atoms with Crippen molar-refractivity contribution in [3.63, 3.8) is 0 Å². The number of fused-ring (bicyclic) bond motifs is 4. The van der Waals surface area contributed by atoms with Crippen LogP contribution in [0.3, 0.4) is 0 Å². The quantitative estimate of drug-likeness (QED) is 0.359. The van der Waals surface area contributed by atoms with Gasteiger partial charge in [0, 0.05) is 57.4 Å². The van der Waals surface area contributed by atoms with E-state index in [2.05, 4.69) is 9.97 Å². The van der Waals surface area contributed by atoms with Crippen LogP contribution in [0.25, 0.3) is 28.1 Å². The summed E-state index contributed by atoms with van der Waals surface area (Å²) in [6, 6.07) is 15.6. The molecular weight excluding hydrogens is 434 g/mol. The zero-order valence-corrected chi connectivity index (χ0v) is 17.1. The number of rotatable bonds is 0. The molecule has 0 bridgehead atoms. The first-order valence-electron chi connectivity index (χ1n) is 9.80. The number of hydrogen-bond acceptors (Lipinski definition) is 6. The van der Waals surface area contributed by atoms with Gasteiger partial charge in [-0.1, -0.05) is 12.1 Å². The fraction of sp³-hybridized carbons (Fsp3) is 0. The van der Waals surface area contributed by atoms with E-state index in [0.29, 0.717) is 34.2 Å². The largest absolute Gasteiger partial charge is 0.254 e. The fourth-order valence-electron chi connectivity index (χ4n) is 4.45. The van der Waals surface area contributed by atoms with Gasteiger partial charge in [0.2, 0.25) is 0 Å². The van der Waals surface area contributed by atoms with E-state index in [1.54, 1.807) is 60.9 Å². The van der Waals surface area contributed by atoms with E-state index in [1.165, 1.54) is 0 Å². The van der Waals surface area contributed by atoms with Crippen LogP contribution in [-0.4, -0.2) is 9.97 Å². The van der Waals surface area contributed by atoms with Crippen molar-refractivity contribution >= 4 is 16.7 Å². The molecule has 0 spiro atoms. The topological polar surface area (TPSA) is 121 Å². The van der Waals surface area contributed by atoms with E-state index in [9.17, 15) is 25.4 Å². The number of nitriles is 4. The Balaban J connectivity index is 2.11.